The summed E-state index contributed by atoms with van der Waals surface area (Å²) in [5, 5.41) is 0. The van der Waals surface area contributed by atoms with Crippen LogP contribution in [-0.4, -0.2) is 11.8 Å². The maximum absolute atomic E-state index is 12.9. The number of hydrogen-bond donors (Lipinski definition) is 0. The van der Waals surface area contributed by atoms with E-state index in [4.69, 9.17) is 0 Å². The van der Waals surface area contributed by atoms with Crippen LogP contribution in [-0.2, 0) is 9.59 Å². The molecule has 2 amide bonds. The molecule has 3 nitrogen and oxygen atoms in total. The molecule has 3 atom stereocenters. The van der Waals surface area contributed by atoms with Gasteiger partial charge in [0.15, 0.2) is 0 Å². The van der Waals surface area contributed by atoms with Crippen molar-refractivity contribution in [3.8, 4) is 0 Å². The van der Waals surface area contributed by atoms with Gasteiger partial charge in [-0.25, -0.2) is 0 Å². The van der Waals surface area contributed by atoms with Crippen molar-refractivity contribution in [1.29, 1.82) is 0 Å². The van der Waals surface area contributed by atoms with E-state index in [1.54, 1.807) is 0 Å². The number of imide groups is 1. The second kappa shape index (κ2) is 5.90. The van der Waals surface area contributed by atoms with Crippen LogP contribution >= 0.6 is 0 Å². The van der Waals surface area contributed by atoms with Gasteiger partial charge in [-0.1, -0.05) is 48.0 Å². The minimum atomic E-state index is -0.169. The number of carbonyl (C=O) groups excluding carboxylic acids is 2. The SMILES string of the molecule is Cc1ccc(N2C(=O)C3CCC(c4ccccc4)CC3C2=O)cc1. The molecule has 1 heterocycles. The van der Waals surface area contributed by atoms with Crippen LogP contribution in [0.4, 0.5) is 5.69 Å². The second-order valence-electron chi connectivity index (χ2n) is 6.98. The Morgan fingerprint density at radius 3 is 2.21 bits per heavy atom. The zero-order valence-corrected chi connectivity index (χ0v) is 13.8. The predicted molar refractivity (Wildman–Crippen MR) is 93.7 cm³/mol. The molecule has 0 N–H and O–H groups in total. The smallest absolute Gasteiger partial charge is 0.237 e. The number of rotatable bonds is 2. The average molecular weight is 319 g/mol. The van der Waals surface area contributed by atoms with Gasteiger partial charge in [0.1, 0.15) is 0 Å². The topological polar surface area (TPSA) is 37.4 Å². The largest absolute Gasteiger partial charge is 0.274 e. The predicted octanol–water partition coefficient (Wildman–Crippen LogP) is 4.07. The Balaban J connectivity index is 1.60. The summed E-state index contributed by atoms with van der Waals surface area (Å²) >= 11 is 0. The quantitative estimate of drug-likeness (QED) is 0.783. The summed E-state index contributed by atoms with van der Waals surface area (Å²) in [5.74, 6) is 0.0357. The number of nitrogens with zero attached hydrogens (tertiary/aromatic N) is 1. The normalized spacial score (nSPS) is 26.5. The summed E-state index contributed by atoms with van der Waals surface area (Å²) in [7, 11) is 0. The summed E-state index contributed by atoms with van der Waals surface area (Å²) < 4.78 is 0. The Bertz CT molecular complexity index is 766. The molecule has 2 aliphatic rings. The van der Waals surface area contributed by atoms with Crippen LogP contribution in [0.2, 0.25) is 0 Å². The minimum absolute atomic E-state index is 0.0136. The van der Waals surface area contributed by atoms with Gasteiger partial charge in [0.2, 0.25) is 11.8 Å². The standard InChI is InChI=1S/C21H21NO2/c1-14-7-10-17(11-8-14)22-20(23)18-12-9-16(13-19(18)21(22)24)15-5-3-2-4-6-15/h2-8,10-11,16,18-19H,9,12-13H2,1H3. The highest BCUT2D eigenvalue weighted by Gasteiger charge is 2.50. The third-order valence-electron chi connectivity index (χ3n) is 5.49. The molecule has 0 spiro atoms. The number of carbonyl (C=O) groups is 2. The molecule has 3 heteroatoms. The highest BCUT2D eigenvalue weighted by atomic mass is 16.2. The van der Waals surface area contributed by atoms with Gasteiger partial charge in [0, 0.05) is 0 Å². The molecule has 1 saturated carbocycles. The van der Waals surface area contributed by atoms with E-state index in [1.165, 1.54) is 10.5 Å². The molecule has 1 aliphatic carbocycles. The summed E-state index contributed by atoms with van der Waals surface area (Å²) in [6.45, 7) is 2.00. The Morgan fingerprint density at radius 2 is 1.50 bits per heavy atom. The average Bonchev–Trinajstić information content (AvgIpc) is 2.87. The number of fused-ring (bicyclic) bond motifs is 1. The molecule has 0 bridgehead atoms. The lowest BCUT2D eigenvalue weighted by atomic mass is 9.73. The van der Waals surface area contributed by atoms with E-state index in [0.29, 0.717) is 11.6 Å². The van der Waals surface area contributed by atoms with Crippen LogP contribution in [0.15, 0.2) is 54.6 Å². The number of hydrogen-bond acceptors (Lipinski definition) is 2. The van der Waals surface area contributed by atoms with Crippen LogP contribution in [0.5, 0.6) is 0 Å². The third kappa shape index (κ3) is 2.44. The summed E-state index contributed by atoms with van der Waals surface area (Å²) in [6.07, 6.45) is 2.56. The van der Waals surface area contributed by atoms with Crippen LogP contribution in [0, 0.1) is 18.8 Å². The van der Waals surface area contributed by atoms with Gasteiger partial charge >= 0.3 is 0 Å². The van der Waals surface area contributed by atoms with Crippen LogP contribution < -0.4 is 4.90 Å². The Morgan fingerprint density at radius 1 is 0.833 bits per heavy atom. The van der Waals surface area contributed by atoms with Gasteiger partial charge in [0.25, 0.3) is 0 Å². The molecule has 24 heavy (non-hydrogen) atoms. The molecule has 2 aromatic carbocycles. The maximum Gasteiger partial charge on any atom is 0.237 e. The maximum atomic E-state index is 12.9. The Labute approximate surface area is 142 Å². The second-order valence-corrected chi connectivity index (χ2v) is 6.98. The summed E-state index contributed by atoms with van der Waals surface area (Å²) in [5.41, 5.74) is 3.12. The molecule has 1 saturated heterocycles. The number of anilines is 1. The molecule has 0 aromatic heterocycles. The Hall–Kier alpha value is -2.42. The lowest BCUT2D eigenvalue weighted by Crippen LogP contribution is -2.30. The summed E-state index contributed by atoms with van der Waals surface area (Å²) in [6, 6.07) is 18.0. The fourth-order valence-corrected chi connectivity index (χ4v) is 4.16. The lowest BCUT2D eigenvalue weighted by Gasteiger charge is -2.28. The fraction of sp³-hybridized carbons (Fsp3) is 0.333. The molecule has 2 fully saturated rings. The van der Waals surface area contributed by atoms with E-state index in [9.17, 15) is 9.59 Å². The van der Waals surface area contributed by atoms with E-state index in [1.807, 2.05) is 49.4 Å². The van der Waals surface area contributed by atoms with Gasteiger partial charge in [-0.3, -0.25) is 14.5 Å². The molecule has 122 valence electrons. The van der Waals surface area contributed by atoms with Gasteiger partial charge in [-0.05, 0) is 49.8 Å². The number of aryl methyl sites for hydroxylation is 1. The first kappa shape index (κ1) is 15.1. The van der Waals surface area contributed by atoms with Crippen molar-refractivity contribution in [2.45, 2.75) is 32.1 Å². The van der Waals surface area contributed by atoms with Crippen LogP contribution in [0.25, 0.3) is 0 Å². The van der Waals surface area contributed by atoms with E-state index >= 15 is 0 Å². The fourth-order valence-electron chi connectivity index (χ4n) is 4.16. The van der Waals surface area contributed by atoms with Crippen molar-refractivity contribution in [2.75, 3.05) is 4.90 Å². The monoisotopic (exact) mass is 319 g/mol. The minimum Gasteiger partial charge on any atom is -0.274 e. The Kier molecular flexibility index (Phi) is 3.72. The highest BCUT2D eigenvalue weighted by molar-refractivity contribution is 6.22. The number of amides is 2. The first-order valence-electron chi connectivity index (χ1n) is 8.64. The van der Waals surface area contributed by atoms with E-state index in [2.05, 4.69) is 12.1 Å². The molecular formula is C21H21NO2. The van der Waals surface area contributed by atoms with E-state index < -0.39 is 0 Å². The number of benzene rings is 2. The van der Waals surface area contributed by atoms with Crippen molar-refractivity contribution in [3.63, 3.8) is 0 Å². The van der Waals surface area contributed by atoms with Crippen LogP contribution in [0.3, 0.4) is 0 Å². The molecule has 3 unspecified atom stereocenters. The van der Waals surface area contributed by atoms with E-state index in [-0.39, 0.29) is 23.7 Å². The van der Waals surface area contributed by atoms with Gasteiger partial charge < -0.3 is 0 Å². The van der Waals surface area contributed by atoms with Gasteiger partial charge in [-0.15, -0.1) is 0 Å². The van der Waals surface area contributed by atoms with E-state index in [0.717, 1.165) is 24.8 Å². The molecule has 4 rings (SSSR count). The van der Waals surface area contributed by atoms with Crippen molar-refractivity contribution in [3.05, 3.63) is 65.7 Å². The molecular weight excluding hydrogens is 298 g/mol. The highest BCUT2D eigenvalue weighted by Crippen LogP contribution is 2.45. The molecule has 0 radical (unpaired) electrons. The van der Waals surface area contributed by atoms with Crippen molar-refractivity contribution in [2.24, 2.45) is 11.8 Å². The molecule has 2 aromatic rings. The zero-order valence-electron chi connectivity index (χ0n) is 13.8. The zero-order chi connectivity index (χ0) is 16.7. The lowest BCUT2D eigenvalue weighted by molar-refractivity contribution is -0.122. The van der Waals surface area contributed by atoms with Crippen molar-refractivity contribution < 1.29 is 9.59 Å². The van der Waals surface area contributed by atoms with Gasteiger partial charge in [-0.2, -0.15) is 0 Å². The van der Waals surface area contributed by atoms with Crippen molar-refractivity contribution in [1.82, 2.24) is 0 Å². The summed E-state index contributed by atoms with van der Waals surface area (Å²) in [4.78, 5) is 27.1. The third-order valence-corrected chi connectivity index (χ3v) is 5.49. The van der Waals surface area contributed by atoms with Gasteiger partial charge in [0.05, 0.1) is 17.5 Å². The molecule has 1 aliphatic heterocycles. The first-order chi connectivity index (χ1) is 11.6. The van der Waals surface area contributed by atoms with Crippen molar-refractivity contribution >= 4 is 17.5 Å². The first-order valence-corrected chi connectivity index (χ1v) is 8.64. The van der Waals surface area contributed by atoms with Crippen LogP contribution in [0.1, 0.15) is 36.3 Å².